The summed E-state index contributed by atoms with van der Waals surface area (Å²) in [5.41, 5.74) is 2.64. The number of carbonyl (C=O) groups excluding carboxylic acids is 1. The Morgan fingerprint density at radius 2 is 2.05 bits per heavy atom. The fraction of sp³-hybridized carbons (Fsp3) is 0.294. The molecule has 3 rings (SSSR count). The Morgan fingerprint density at radius 1 is 1.29 bits per heavy atom. The van der Waals surface area contributed by atoms with Gasteiger partial charge in [0.15, 0.2) is 0 Å². The lowest BCUT2D eigenvalue weighted by Crippen LogP contribution is -2.27. The predicted molar refractivity (Wildman–Crippen MR) is 82.6 cm³/mol. The number of hydrogen-bond donors (Lipinski definition) is 2. The third kappa shape index (κ3) is 2.89. The van der Waals surface area contributed by atoms with Gasteiger partial charge in [-0.1, -0.05) is 25.1 Å². The van der Waals surface area contributed by atoms with Gasteiger partial charge in [-0.3, -0.25) is 9.59 Å². The van der Waals surface area contributed by atoms with Crippen molar-refractivity contribution in [3.63, 3.8) is 0 Å². The van der Waals surface area contributed by atoms with Gasteiger partial charge in [0.1, 0.15) is 5.56 Å². The number of aryl methyl sites for hydroxylation is 1. The minimum Gasteiger partial charge on any atom is -0.325 e. The van der Waals surface area contributed by atoms with Crippen LogP contribution in [0.5, 0.6) is 0 Å². The van der Waals surface area contributed by atoms with Gasteiger partial charge < -0.3 is 10.3 Å². The number of benzene rings is 1. The zero-order valence-electron chi connectivity index (χ0n) is 12.0. The minimum atomic E-state index is -0.358. The molecule has 0 aliphatic heterocycles. The Kier molecular flexibility index (Phi) is 3.60. The summed E-state index contributed by atoms with van der Waals surface area (Å²) in [6.07, 6.45) is 2.88. The van der Waals surface area contributed by atoms with Crippen LogP contribution >= 0.6 is 0 Å². The van der Waals surface area contributed by atoms with Crippen molar-refractivity contribution in [3.05, 3.63) is 63.6 Å². The maximum atomic E-state index is 12.3. The van der Waals surface area contributed by atoms with Crippen LogP contribution in [0, 0.1) is 5.92 Å². The highest BCUT2D eigenvalue weighted by molar-refractivity contribution is 6.04. The van der Waals surface area contributed by atoms with E-state index >= 15 is 0 Å². The van der Waals surface area contributed by atoms with Crippen LogP contribution in [0.2, 0.25) is 0 Å². The number of fused-ring (bicyclic) bond motifs is 1. The van der Waals surface area contributed by atoms with Gasteiger partial charge in [-0.25, -0.2) is 0 Å². The molecule has 1 aromatic carbocycles. The monoisotopic (exact) mass is 282 g/mol. The summed E-state index contributed by atoms with van der Waals surface area (Å²) in [6, 6.07) is 10.9. The topological polar surface area (TPSA) is 62.0 Å². The summed E-state index contributed by atoms with van der Waals surface area (Å²) in [4.78, 5) is 27.2. The minimum absolute atomic E-state index is 0.187. The quantitative estimate of drug-likeness (QED) is 0.889. The molecule has 1 aromatic heterocycles. The van der Waals surface area contributed by atoms with Gasteiger partial charge in [0.2, 0.25) is 0 Å². The number of aromatic nitrogens is 1. The molecule has 1 aliphatic rings. The molecule has 1 aliphatic carbocycles. The maximum Gasteiger partial charge on any atom is 0.261 e. The number of anilines is 1. The Bertz CT molecular complexity index is 719. The van der Waals surface area contributed by atoms with Crippen molar-refractivity contribution in [1.29, 1.82) is 0 Å². The number of rotatable bonds is 2. The van der Waals surface area contributed by atoms with Crippen molar-refractivity contribution in [2.45, 2.75) is 26.2 Å². The molecule has 1 heterocycles. The summed E-state index contributed by atoms with van der Waals surface area (Å²) < 4.78 is 0. The van der Waals surface area contributed by atoms with Crippen molar-refractivity contribution >= 4 is 11.6 Å². The highest BCUT2D eigenvalue weighted by atomic mass is 16.2. The third-order valence-electron chi connectivity index (χ3n) is 3.95. The van der Waals surface area contributed by atoms with E-state index in [1.165, 1.54) is 0 Å². The lowest BCUT2D eigenvalue weighted by Gasteiger charge is -2.21. The van der Waals surface area contributed by atoms with E-state index in [9.17, 15) is 9.59 Å². The van der Waals surface area contributed by atoms with Crippen LogP contribution in [0.4, 0.5) is 5.69 Å². The van der Waals surface area contributed by atoms with Gasteiger partial charge in [-0.15, -0.1) is 0 Å². The van der Waals surface area contributed by atoms with E-state index < -0.39 is 0 Å². The summed E-state index contributed by atoms with van der Waals surface area (Å²) in [6.45, 7) is 2.19. The fourth-order valence-corrected chi connectivity index (χ4v) is 2.77. The first-order valence-corrected chi connectivity index (χ1v) is 7.25. The van der Waals surface area contributed by atoms with E-state index in [4.69, 9.17) is 0 Å². The molecule has 0 fully saturated rings. The molecule has 4 heteroatoms. The van der Waals surface area contributed by atoms with Gasteiger partial charge in [0.25, 0.3) is 11.5 Å². The third-order valence-corrected chi connectivity index (χ3v) is 3.95. The normalized spacial score (nSPS) is 17.1. The lowest BCUT2D eigenvalue weighted by atomic mass is 9.87. The first-order valence-electron chi connectivity index (χ1n) is 7.25. The van der Waals surface area contributed by atoms with Crippen molar-refractivity contribution in [2.75, 3.05) is 5.32 Å². The summed E-state index contributed by atoms with van der Waals surface area (Å²) >= 11 is 0. The van der Waals surface area contributed by atoms with Crippen molar-refractivity contribution in [3.8, 4) is 0 Å². The van der Waals surface area contributed by atoms with Gasteiger partial charge in [0.05, 0.1) is 0 Å². The van der Waals surface area contributed by atoms with E-state index in [1.54, 1.807) is 18.2 Å². The standard InChI is InChI=1S/C17H18N2O2/c1-11-7-8-15-12(9-11)10-14(17(21)19-15)16(20)18-13-5-3-2-4-6-13/h2-6,10-11H,7-9H2,1H3,(H,18,20)(H,19,21)/t11-/m0/s1. The Balaban J connectivity index is 1.90. The highest BCUT2D eigenvalue weighted by Gasteiger charge is 2.20. The first-order chi connectivity index (χ1) is 10.1. The van der Waals surface area contributed by atoms with Crippen LogP contribution in [-0.2, 0) is 12.8 Å². The predicted octanol–water partition coefficient (Wildman–Crippen LogP) is 2.75. The summed E-state index contributed by atoms with van der Waals surface area (Å²) in [5, 5.41) is 2.76. The zero-order chi connectivity index (χ0) is 14.8. The van der Waals surface area contributed by atoms with E-state index in [-0.39, 0.29) is 17.0 Å². The molecule has 0 unspecified atom stereocenters. The molecule has 0 radical (unpaired) electrons. The van der Waals surface area contributed by atoms with Crippen molar-refractivity contribution in [1.82, 2.24) is 4.98 Å². The van der Waals surface area contributed by atoms with E-state index in [0.717, 1.165) is 30.5 Å². The molecule has 21 heavy (non-hydrogen) atoms. The van der Waals surface area contributed by atoms with Gasteiger partial charge >= 0.3 is 0 Å². The Hall–Kier alpha value is -2.36. The molecule has 1 atom stereocenters. The summed E-state index contributed by atoms with van der Waals surface area (Å²) in [5.74, 6) is 0.233. The van der Waals surface area contributed by atoms with Crippen molar-refractivity contribution in [2.24, 2.45) is 5.92 Å². The van der Waals surface area contributed by atoms with Crippen molar-refractivity contribution < 1.29 is 4.79 Å². The number of hydrogen-bond acceptors (Lipinski definition) is 2. The average Bonchev–Trinajstić information content (AvgIpc) is 2.48. The SMILES string of the molecule is C[C@H]1CCc2[nH]c(=O)c(C(=O)Nc3ccccc3)cc2C1. The smallest absolute Gasteiger partial charge is 0.261 e. The van der Waals surface area contributed by atoms with Crippen LogP contribution in [0.15, 0.2) is 41.2 Å². The number of aromatic amines is 1. The molecular weight excluding hydrogens is 264 g/mol. The van der Waals surface area contributed by atoms with E-state index in [0.29, 0.717) is 11.6 Å². The molecule has 0 saturated heterocycles. The summed E-state index contributed by atoms with van der Waals surface area (Å²) in [7, 11) is 0. The molecule has 2 aromatic rings. The van der Waals surface area contributed by atoms with Gasteiger partial charge in [-0.2, -0.15) is 0 Å². The molecule has 0 bridgehead atoms. The second-order valence-electron chi connectivity index (χ2n) is 5.68. The van der Waals surface area contributed by atoms with Crippen LogP contribution in [0.1, 0.15) is 35.0 Å². The molecule has 0 saturated carbocycles. The van der Waals surface area contributed by atoms with Crippen LogP contribution in [0.3, 0.4) is 0 Å². The molecular formula is C17H18N2O2. The molecule has 1 amide bonds. The zero-order valence-corrected chi connectivity index (χ0v) is 12.0. The fourth-order valence-electron chi connectivity index (χ4n) is 2.77. The second kappa shape index (κ2) is 5.56. The first kappa shape index (κ1) is 13.6. The maximum absolute atomic E-state index is 12.3. The second-order valence-corrected chi connectivity index (χ2v) is 5.68. The average molecular weight is 282 g/mol. The Labute approximate surface area is 123 Å². The number of carbonyl (C=O) groups is 1. The molecule has 0 spiro atoms. The van der Waals surface area contributed by atoms with Crippen LogP contribution in [-0.4, -0.2) is 10.9 Å². The highest BCUT2D eigenvalue weighted by Crippen LogP contribution is 2.23. The number of amides is 1. The van der Waals surface area contributed by atoms with E-state index in [1.807, 2.05) is 18.2 Å². The number of para-hydroxylation sites is 1. The number of H-pyrrole nitrogens is 1. The van der Waals surface area contributed by atoms with Crippen LogP contribution in [0.25, 0.3) is 0 Å². The van der Waals surface area contributed by atoms with Gasteiger partial charge in [0, 0.05) is 11.4 Å². The Morgan fingerprint density at radius 3 is 2.81 bits per heavy atom. The van der Waals surface area contributed by atoms with Gasteiger partial charge in [-0.05, 0) is 48.9 Å². The largest absolute Gasteiger partial charge is 0.325 e. The van der Waals surface area contributed by atoms with Crippen LogP contribution < -0.4 is 10.9 Å². The molecule has 108 valence electrons. The van der Waals surface area contributed by atoms with E-state index in [2.05, 4.69) is 17.2 Å². The lowest BCUT2D eigenvalue weighted by molar-refractivity contribution is 0.102. The number of pyridine rings is 1. The number of nitrogens with one attached hydrogen (secondary N) is 2. The molecule has 4 nitrogen and oxygen atoms in total. The molecule has 2 N–H and O–H groups in total.